The Morgan fingerprint density at radius 1 is 1.10 bits per heavy atom. The lowest BCUT2D eigenvalue weighted by molar-refractivity contribution is 0.0930. The summed E-state index contributed by atoms with van der Waals surface area (Å²) in [5, 5.41) is 3.15. The topological polar surface area (TPSA) is 55.1 Å². The molecular weight excluding hydrogens is 268 g/mol. The third-order valence-electron chi connectivity index (χ3n) is 3.85. The lowest BCUT2D eigenvalue weighted by Gasteiger charge is -2.21. The minimum atomic E-state index is -0.0197. The van der Waals surface area contributed by atoms with Crippen molar-refractivity contribution in [3.63, 3.8) is 0 Å². The number of nitrogens with one attached hydrogen (secondary N) is 1. The Labute approximate surface area is 125 Å². The van der Waals surface area contributed by atoms with E-state index in [1.807, 2.05) is 12.1 Å². The molecule has 3 N–H and O–H groups in total. The van der Waals surface area contributed by atoms with Crippen molar-refractivity contribution in [3.8, 4) is 0 Å². The summed E-state index contributed by atoms with van der Waals surface area (Å²) < 4.78 is 0. The molecule has 1 saturated carbocycles. The van der Waals surface area contributed by atoms with Crippen LogP contribution in [0.5, 0.6) is 0 Å². The van der Waals surface area contributed by atoms with E-state index in [4.69, 9.17) is 18.0 Å². The molecule has 3 nitrogen and oxygen atoms in total. The molecule has 0 atom stereocenters. The van der Waals surface area contributed by atoms with Crippen LogP contribution in [0, 0.1) is 0 Å². The zero-order chi connectivity index (χ0) is 14.4. The van der Waals surface area contributed by atoms with Crippen molar-refractivity contribution in [1.29, 1.82) is 0 Å². The lowest BCUT2D eigenvalue weighted by atomic mass is 9.96. The number of hydrogen-bond donors (Lipinski definition) is 2. The average Bonchev–Trinajstić information content (AvgIpc) is 2.41. The predicted octanol–water partition coefficient (Wildman–Crippen LogP) is 3.16. The van der Waals surface area contributed by atoms with Gasteiger partial charge >= 0.3 is 0 Å². The third-order valence-corrected chi connectivity index (χ3v) is 4.09. The second kappa shape index (κ2) is 7.39. The number of benzene rings is 1. The predicted molar refractivity (Wildman–Crippen MR) is 85.9 cm³/mol. The van der Waals surface area contributed by atoms with E-state index in [9.17, 15) is 4.79 Å². The van der Waals surface area contributed by atoms with Gasteiger partial charge in [-0.3, -0.25) is 4.79 Å². The summed E-state index contributed by atoms with van der Waals surface area (Å²) in [6.07, 6.45) is 8.47. The molecule has 0 radical (unpaired) electrons. The maximum atomic E-state index is 12.3. The van der Waals surface area contributed by atoms with Gasteiger partial charge in [0, 0.05) is 17.2 Å². The normalized spacial score (nSPS) is 17.0. The van der Waals surface area contributed by atoms with E-state index < -0.39 is 0 Å². The van der Waals surface area contributed by atoms with Crippen molar-refractivity contribution in [2.75, 3.05) is 0 Å². The van der Waals surface area contributed by atoms with Crippen molar-refractivity contribution < 1.29 is 4.79 Å². The Kier molecular flexibility index (Phi) is 5.53. The van der Waals surface area contributed by atoms with Crippen LogP contribution in [-0.4, -0.2) is 16.9 Å². The first-order valence-electron chi connectivity index (χ1n) is 7.37. The summed E-state index contributed by atoms with van der Waals surface area (Å²) >= 11 is 4.95. The highest BCUT2D eigenvalue weighted by Gasteiger charge is 2.15. The zero-order valence-electron chi connectivity index (χ0n) is 11.7. The molecule has 1 aliphatic rings. The SMILES string of the molecule is NC(=S)c1cccc(C(=O)NC2CCCCCCC2)c1. The Balaban J connectivity index is 1.99. The van der Waals surface area contributed by atoms with Crippen LogP contribution in [0.1, 0.15) is 60.9 Å². The fourth-order valence-electron chi connectivity index (χ4n) is 2.68. The quantitative estimate of drug-likeness (QED) is 0.841. The van der Waals surface area contributed by atoms with Gasteiger partial charge in [-0.1, -0.05) is 56.5 Å². The third kappa shape index (κ3) is 4.30. The average molecular weight is 290 g/mol. The molecule has 0 bridgehead atoms. The van der Waals surface area contributed by atoms with Crippen LogP contribution >= 0.6 is 12.2 Å². The molecule has 0 spiro atoms. The molecule has 0 unspecified atom stereocenters. The van der Waals surface area contributed by atoms with Gasteiger partial charge in [0.05, 0.1) is 0 Å². The second-order valence-corrected chi connectivity index (χ2v) is 5.90. The number of hydrogen-bond acceptors (Lipinski definition) is 2. The molecule has 1 fully saturated rings. The van der Waals surface area contributed by atoms with Crippen LogP contribution in [0.2, 0.25) is 0 Å². The van der Waals surface area contributed by atoms with Crippen LogP contribution in [0.15, 0.2) is 24.3 Å². The number of thiocarbonyl (C=S) groups is 1. The summed E-state index contributed by atoms with van der Waals surface area (Å²) in [5.74, 6) is -0.0197. The maximum absolute atomic E-state index is 12.3. The lowest BCUT2D eigenvalue weighted by Crippen LogP contribution is -2.35. The van der Waals surface area contributed by atoms with Crippen molar-refractivity contribution in [2.24, 2.45) is 5.73 Å². The Morgan fingerprint density at radius 3 is 2.35 bits per heavy atom. The van der Waals surface area contributed by atoms with Crippen LogP contribution in [-0.2, 0) is 0 Å². The first kappa shape index (κ1) is 15.0. The molecular formula is C16H22N2OS. The molecule has 0 aliphatic heterocycles. The van der Waals surface area contributed by atoms with Crippen molar-refractivity contribution in [3.05, 3.63) is 35.4 Å². The minimum absolute atomic E-state index is 0.0197. The van der Waals surface area contributed by atoms with E-state index in [1.54, 1.807) is 12.1 Å². The van der Waals surface area contributed by atoms with E-state index in [2.05, 4.69) is 5.32 Å². The molecule has 1 aliphatic carbocycles. The van der Waals surface area contributed by atoms with Crippen LogP contribution < -0.4 is 11.1 Å². The number of carbonyl (C=O) groups excluding carboxylic acids is 1. The summed E-state index contributed by atoms with van der Waals surface area (Å²) in [7, 11) is 0. The standard InChI is InChI=1S/C16H22N2OS/c17-15(20)12-7-6-8-13(11-12)16(19)18-14-9-4-2-1-3-5-10-14/h6-8,11,14H,1-5,9-10H2,(H2,17,20)(H,18,19). The van der Waals surface area contributed by atoms with Crippen molar-refractivity contribution >= 4 is 23.1 Å². The van der Waals surface area contributed by atoms with Gasteiger partial charge in [0.25, 0.3) is 5.91 Å². The maximum Gasteiger partial charge on any atom is 0.251 e. The summed E-state index contributed by atoms with van der Waals surface area (Å²) in [6, 6.07) is 7.52. The molecule has 2 rings (SSSR count). The molecule has 0 saturated heterocycles. The van der Waals surface area contributed by atoms with Gasteiger partial charge in [0.2, 0.25) is 0 Å². The zero-order valence-corrected chi connectivity index (χ0v) is 12.5. The van der Waals surface area contributed by atoms with Crippen LogP contribution in [0.25, 0.3) is 0 Å². The fourth-order valence-corrected chi connectivity index (χ4v) is 2.81. The minimum Gasteiger partial charge on any atom is -0.389 e. The summed E-state index contributed by atoms with van der Waals surface area (Å²) in [6.45, 7) is 0. The smallest absolute Gasteiger partial charge is 0.251 e. The van der Waals surface area contributed by atoms with E-state index in [-0.39, 0.29) is 5.91 Å². The van der Waals surface area contributed by atoms with Gasteiger partial charge in [-0.15, -0.1) is 0 Å². The van der Waals surface area contributed by atoms with Gasteiger partial charge in [-0.25, -0.2) is 0 Å². The van der Waals surface area contributed by atoms with Gasteiger partial charge in [0.1, 0.15) is 4.99 Å². The Hall–Kier alpha value is -1.42. The highest BCUT2D eigenvalue weighted by atomic mass is 32.1. The first-order chi connectivity index (χ1) is 9.66. The second-order valence-electron chi connectivity index (χ2n) is 5.46. The fraction of sp³-hybridized carbons (Fsp3) is 0.500. The van der Waals surface area contributed by atoms with Gasteiger partial charge in [-0.2, -0.15) is 0 Å². The Bertz CT molecular complexity index is 479. The Morgan fingerprint density at radius 2 is 1.70 bits per heavy atom. The molecule has 108 valence electrons. The highest BCUT2D eigenvalue weighted by Crippen LogP contribution is 2.17. The summed E-state index contributed by atoms with van der Waals surface area (Å²) in [5.41, 5.74) is 6.98. The molecule has 20 heavy (non-hydrogen) atoms. The van der Waals surface area contributed by atoms with Crippen molar-refractivity contribution in [1.82, 2.24) is 5.32 Å². The van der Waals surface area contributed by atoms with Gasteiger partial charge in [-0.05, 0) is 25.0 Å². The van der Waals surface area contributed by atoms with Crippen LogP contribution in [0.4, 0.5) is 0 Å². The summed E-state index contributed by atoms with van der Waals surface area (Å²) in [4.78, 5) is 12.6. The molecule has 4 heteroatoms. The number of rotatable bonds is 3. The highest BCUT2D eigenvalue weighted by molar-refractivity contribution is 7.80. The van der Waals surface area contributed by atoms with Gasteiger partial charge < -0.3 is 11.1 Å². The van der Waals surface area contributed by atoms with Gasteiger partial charge in [0.15, 0.2) is 0 Å². The number of amides is 1. The van der Waals surface area contributed by atoms with E-state index in [0.29, 0.717) is 16.6 Å². The largest absolute Gasteiger partial charge is 0.389 e. The molecule has 1 aromatic rings. The van der Waals surface area contributed by atoms with Crippen molar-refractivity contribution in [2.45, 2.75) is 51.0 Å². The molecule has 1 aromatic carbocycles. The first-order valence-corrected chi connectivity index (χ1v) is 7.78. The molecule has 1 amide bonds. The van der Waals surface area contributed by atoms with E-state index >= 15 is 0 Å². The van der Waals surface area contributed by atoms with Crippen LogP contribution in [0.3, 0.4) is 0 Å². The number of carbonyl (C=O) groups is 1. The molecule has 0 aromatic heterocycles. The van der Waals surface area contributed by atoms with E-state index in [0.717, 1.165) is 18.4 Å². The van der Waals surface area contributed by atoms with E-state index in [1.165, 1.54) is 32.1 Å². The number of nitrogens with two attached hydrogens (primary N) is 1. The monoisotopic (exact) mass is 290 g/mol. The molecule has 0 heterocycles.